The Hall–Kier alpha value is -0.830. The molecule has 0 aliphatic rings. The summed E-state index contributed by atoms with van der Waals surface area (Å²) in [7, 11) is 0. The van der Waals surface area contributed by atoms with Crippen LogP contribution in [-0.4, -0.2) is 9.97 Å². The molecule has 0 amide bonds. The molecule has 1 aromatic heterocycles. The van der Waals surface area contributed by atoms with Gasteiger partial charge in [-0.2, -0.15) is 0 Å². The van der Waals surface area contributed by atoms with Crippen molar-refractivity contribution in [3.05, 3.63) is 16.9 Å². The van der Waals surface area contributed by atoms with E-state index in [-0.39, 0.29) is 5.95 Å². The SMILES string of the molecule is CCC(C)c1cc(Cl)nc(N)n1. The number of anilines is 1. The number of halogens is 1. The first kappa shape index (κ1) is 9.26. The standard InChI is InChI=1S/C8H12ClN3/c1-3-5(2)6-4-7(9)12-8(10)11-6/h4-5H,3H2,1-2H3,(H2,10,11,12). The molecule has 4 heteroatoms. The maximum absolute atomic E-state index is 5.72. The van der Waals surface area contributed by atoms with Gasteiger partial charge in [-0.05, 0) is 18.4 Å². The number of nitrogen functional groups attached to an aromatic ring is 1. The van der Waals surface area contributed by atoms with Gasteiger partial charge in [-0.3, -0.25) is 0 Å². The average molecular weight is 186 g/mol. The molecule has 0 aliphatic heterocycles. The lowest BCUT2D eigenvalue weighted by Crippen LogP contribution is -2.01. The lowest BCUT2D eigenvalue weighted by atomic mass is 10.1. The third kappa shape index (κ3) is 2.08. The molecular formula is C8H12ClN3. The number of hydrogen-bond acceptors (Lipinski definition) is 3. The van der Waals surface area contributed by atoms with E-state index in [1.54, 1.807) is 6.07 Å². The summed E-state index contributed by atoms with van der Waals surface area (Å²) >= 11 is 5.72. The first-order valence-electron chi connectivity index (χ1n) is 3.93. The number of nitrogens with two attached hydrogens (primary N) is 1. The third-order valence-corrected chi connectivity index (χ3v) is 2.04. The maximum Gasteiger partial charge on any atom is 0.221 e. The highest BCUT2D eigenvalue weighted by Gasteiger charge is 2.06. The molecule has 66 valence electrons. The van der Waals surface area contributed by atoms with Gasteiger partial charge >= 0.3 is 0 Å². The zero-order valence-corrected chi connectivity index (χ0v) is 7.97. The molecule has 1 unspecified atom stereocenters. The molecule has 1 atom stereocenters. The van der Waals surface area contributed by atoms with E-state index in [4.69, 9.17) is 17.3 Å². The first-order valence-corrected chi connectivity index (χ1v) is 4.31. The molecule has 1 rings (SSSR count). The first-order chi connectivity index (χ1) is 5.63. The Labute approximate surface area is 77.0 Å². The average Bonchev–Trinajstić information content (AvgIpc) is 2.01. The summed E-state index contributed by atoms with van der Waals surface area (Å²) in [5, 5.41) is 0.415. The van der Waals surface area contributed by atoms with Gasteiger partial charge in [0, 0.05) is 0 Å². The molecule has 0 saturated carbocycles. The maximum atomic E-state index is 5.72. The van der Waals surface area contributed by atoms with Crippen LogP contribution in [0, 0.1) is 0 Å². The van der Waals surface area contributed by atoms with Crippen molar-refractivity contribution in [1.82, 2.24) is 9.97 Å². The summed E-state index contributed by atoms with van der Waals surface area (Å²) in [4.78, 5) is 7.87. The largest absolute Gasteiger partial charge is 0.368 e. The van der Waals surface area contributed by atoms with Gasteiger partial charge in [0.1, 0.15) is 5.15 Å². The molecular weight excluding hydrogens is 174 g/mol. The molecule has 0 bridgehead atoms. The summed E-state index contributed by atoms with van der Waals surface area (Å²) in [6.07, 6.45) is 1.02. The van der Waals surface area contributed by atoms with E-state index < -0.39 is 0 Å². The fourth-order valence-electron chi connectivity index (χ4n) is 0.915. The molecule has 0 fully saturated rings. The van der Waals surface area contributed by atoms with Crippen LogP contribution >= 0.6 is 11.6 Å². The van der Waals surface area contributed by atoms with Gasteiger partial charge in [-0.1, -0.05) is 25.4 Å². The van der Waals surface area contributed by atoms with Crippen LogP contribution in [0.3, 0.4) is 0 Å². The van der Waals surface area contributed by atoms with Gasteiger partial charge in [0.15, 0.2) is 0 Å². The molecule has 1 heterocycles. The van der Waals surface area contributed by atoms with Crippen molar-refractivity contribution in [3.63, 3.8) is 0 Å². The third-order valence-electron chi connectivity index (χ3n) is 1.85. The molecule has 0 saturated heterocycles. The summed E-state index contributed by atoms with van der Waals surface area (Å²) < 4.78 is 0. The molecule has 1 aromatic rings. The lowest BCUT2D eigenvalue weighted by molar-refractivity contribution is 0.706. The van der Waals surface area contributed by atoms with E-state index >= 15 is 0 Å². The quantitative estimate of drug-likeness (QED) is 0.719. The van der Waals surface area contributed by atoms with E-state index in [0.29, 0.717) is 11.1 Å². The molecule has 3 nitrogen and oxygen atoms in total. The topological polar surface area (TPSA) is 51.8 Å². The predicted molar refractivity (Wildman–Crippen MR) is 50.2 cm³/mol. The van der Waals surface area contributed by atoms with Crippen LogP contribution in [0.2, 0.25) is 5.15 Å². The van der Waals surface area contributed by atoms with Gasteiger partial charge in [0.25, 0.3) is 0 Å². The fraction of sp³-hybridized carbons (Fsp3) is 0.500. The van der Waals surface area contributed by atoms with Gasteiger partial charge in [-0.15, -0.1) is 0 Å². The molecule has 12 heavy (non-hydrogen) atoms. The Morgan fingerprint density at radius 2 is 2.25 bits per heavy atom. The van der Waals surface area contributed by atoms with Crippen LogP contribution in [0.5, 0.6) is 0 Å². The van der Waals surface area contributed by atoms with Crippen LogP contribution < -0.4 is 5.73 Å². The van der Waals surface area contributed by atoms with Crippen molar-refractivity contribution in [2.75, 3.05) is 5.73 Å². The highest BCUT2D eigenvalue weighted by Crippen LogP contribution is 2.19. The van der Waals surface area contributed by atoms with Gasteiger partial charge < -0.3 is 5.73 Å². The lowest BCUT2D eigenvalue weighted by Gasteiger charge is -2.07. The van der Waals surface area contributed by atoms with Crippen LogP contribution in [0.25, 0.3) is 0 Å². The smallest absolute Gasteiger partial charge is 0.221 e. The Kier molecular flexibility index (Phi) is 2.87. The van der Waals surface area contributed by atoms with E-state index in [9.17, 15) is 0 Å². The van der Waals surface area contributed by atoms with E-state index in [1.807, 2.05) is 0 Å². The van der Waals surface area contributed by atoms with Crippen molar-refractivity contribution in [1.29, 1.82) is 0 Å². The monoisotopic (exact) mass is 185 g/mol. The number of nitrogens with zero attached hydrogens (tertiary/aromatic N) is 2. The number of hydrogen-bond donors (Lipinski definition) is 1. The van der Waals surface area contributed by atoms with Crippen molar-refractivity contribution in [2.24, 2.45) is 0 Å². The van der Waals surface area contributed by atoms with Crippen LogP contribution in [0.4, 0.5) is 5.95 Å². The fourth-order valence-corrected chi connectivity index (χ4v) is 1.11. The van der Waals surface area contributed by atoms with Gasteiger partial charge in [0.05, 0.1) is 5.69 Å². The Balaban J connectivity index is 3.00. The highest BCUT2D eigenvalue weighted by atomic mass is 35.5. The molecule has 0 spiro atoms. The second-order valence-corrected chi connectivity index (χ2v) is 3.17. The van der Waals surface area contributed by atoms with Crippen LogP contribution in [0.15, 0.2) is 6.07 Å². The molecule has 2 N–H and O–H groups in total. The summed E-state index contributed by atoms with van der Waals surface area (Å²) in [6, 6.07) is 1.76. The summed E-state index contributed by atoms with van der Waals surface area (Å²) in [5.74, 6) is 0.630. The Morgan fingerprint density at radius 1 is 1.58 bits per heavy atom. The molecule has 0 radical (unpaired) electrons. The zero-order valence-electron chi connectivity index (χ0n) is 7.21. The number of aromatic nitrogens is 2. The molecule has 0 aromatic carbocycles. The van der Waals surface area contributed by atoms with Crippen molar-refractivity contribution in [2.45, 2.75) is 26.2 Å². The Morgan fingerprint density at radius 3 is 2.75 bits per heavy atom. The van der Waals surface area contributed by atoms with Gasteiger partial charge in [0.2, 0.25) is 5.95 Å². The van der Waals surface area contributed by atoms with Crippen LogP contribution in [0.1, 0.15) is 31.9 Å². The normalized spacial score (nSPS) is 12.9. The van der Waals surface area contributed by atoms with Crippen LogP contribution in [-0.2, 0) is 0 Å². The minimum absolute atomic E-state index is 0.248. The van der Waals surface area contributed by atoms with E-state index in [1.165, 1.54) is 0 Å². The number of rotatable bonds is 2. The molecule has 0 aliphatic carbocycles. The highest BCUT2D eigenvalue weighted by molar-refractivity contribution is 6.29. The van der Waals surface area contributed by atoms with Crippen molar-refractivity contribution < 1.29 is 0 Å². The summed E-state index contributed by atoms with van der Waals surface area (Å²) in [6.45, 7) is 4.18. The van der Waals surface area contributed by atoms with Crippen molar-refractivity contribution >= 4 is 17.5 Å². The van der Waals surface area contributed by atoms with Crippen molar-refractivity contribution in [3.8, 4) is 0 Å². The second kappa shape index (κ2) is 3.72. The summed E-state index contributed by atoms with van der Waals surface area (Å²) in [5.41, 5.74) is 6.36. The Bertz CT molecular complexity index is 255. The second-order valence-electron chi connectivity index (χ2n) is 2.78. The van der Waals surface area contributed by atoms with E-state index in [2.05, 4.69) is 23.8 Å². The van der Waals surface area contributed by atoms with E-state index in [0.717, 1.165) is 12.1 Å². The minimum Gasteiger partial charge on any atom is -0.368 e. The predicted octanol–water partition coefficient (Wildman–Crippen LogP) is 2.23. The van der Waals surface area contributed by atoms with Gasteiger partial charge in [-0.25, -0.2) is 9.97 Å². The zero-order chi connectivity index (χ0) is 9.14. The minimum atomic E-state index is 0.248.